The SMILES string of the molecule is CCCCC[C@H](/C=C/[C@H]1[C@@H](C/C=C\CCCC(=O)O[C@H]2CC[C@@]3(C)C(=CC[C@H]4[C@@H]5CC[C@H]([C@H](C)CCCC(C)C)[C@@]5(C)CC[C@@H]43)C2)[C@@H](O[Si](C)(C)C)C[C@H]1O[Si](C)(C)C)O[Si](C)(C)C. The molecule has 0 N–H and O–H groups in total. The first-order valence-electron chi connectivity index (χ1n) is 27.2. The van der Waals surface area contributed by atoms with E-state index in [2.05, 4.69) is 131 Å². The minimum Gasteiger partial charge on any atom is -0.462 e. The van der Waals surface area contributed by atoms with E-state index in [9.17, 15) is 4.79 Å². The number of unbranched alkanes of at least 4 members (excludes halogenated alkanes) is 3. The van der Waals surface area contributed by atoms with Crippen LogP contribution in [-0.4, -0.2) is 55.3 Å². The first-order chi connectivity index (χ1) is 29.9. The van der Waals surface area contributed by atoms with E-state index in [1.807, 2.05) is 0 Å². The highest BCUT2D eigenvalue weighted by molar-refractivity contribution is 6.70. The molecule has 5 aliphatic carbocycles. The summed E-state index contributed by atoms with van der Waals surface area (Å²) in [5.41, 5.74) is 2.42. The fourth-order valence-corrected chi connectivity index (χ4v) is 17.5. The Labute approximate surface area is 399 Å². The van der Waals surface area contributed by atoms with Crippen molar-refractivity contribution in [3.05, 3.63) is 36.0 Å². The summed E-state index contributed by atoms with van der Waals surface area (Å²) in [5, 5.41) is 0. The molecule has 0 spiro atoms. The summed E-state index contributed by atoms with van der Waals surface area (Å²) in [4.78, 5) is 13.3. The lowest BCUT2D eigenvalue weighted by atomic mass is 9.47. The van der Waals surface area contributed by atoms with Crippen molar-refractivity contribution in [2.75, 3.05) is 0 Å². The second kappa shape index (κ2) is 23.2. The lowest BCUT2D eigenvalue weighted by Crippen LogP contribution is -2.51. The van der Waals surface area contributed by atoms with Crippen molar-refractivity contribution >= 4 is 30.9 Å². The van der Waals surface area contributed by atoms with E-state index in [1.165, 1.54) is 77.0 Å². The molecule has 0 aromatic carbocycles. The Balaban J connectivity index is 1.14. The Bertz CT molecular complexity index is 1550. The molecule has 13 atom stereocenters. The smallest absolute Gasteiger partial charge is 0.306 e. The Morgan fingerprint density at radius 3 is 2.19 bits per heavy atom. The Morgan fingerprint density at radius 1 is 0.797 bits per heavy atom. The first kappa shape index (κ1) is 54.2. The summed E-state index contributed by atoms with van der Waals surface area (Å²) in [6.07, 6.45) is 36.0. The molecule has 64 heavy (non-hydrogen) atoms. The van der Waals surface area contributed by atoms with E-state index in [0.717, 1.165) is 80.5 Å². The maximum Gasteiger partial charge on any atom is 0.306 e. The number of ether oxygens (including phenoxy) is 1. The zero-order chi connectivity index (χ0) is 47.1. The van der Waals surface area contributed by atoms with Crippen LogP contribution in [0.3, 0.4) is 0 Å². The third kappa shape index (κ3) is 15.1. The number of carbonyl (C=O) groups excluding carboxylic acids is 1. The Morgan fingerprint density at radius 2 is 1.52 bits per heavy atom. The first-order valence-corrected chi connectivity index (χ1v) is 37.4. The van der Waals surface area contributed by atoms with Gasteiger partial charge >= 0.3 is 5.97 Å². The molecule has 8 heteroatoms. The molecule has 0 saturated heterocycles. The van der Waals surface area contributed by atoms with E-state index in [-0.39, 0.29) is 35.8 Å². The summed E-state index contributed by atoms with van der Waals surface area (Å²) in [6, 6.07) is 0. The largest absolute Gasteiger partial charge is 0.462 e. The van der Waals surface area contributed by atoms with E-state index in [4.69, 9.17) is 18.0 Å². The van der Waals surface area contributed by atoms with Crippen LogP contribution in [-0.2, 0) is 22.8 Å². The topological polar surface area (TPSA) is 54.0 Å². The normalized spacial score (nSPS) is 34.5. The van der Waals surface area contributed by atoms with Crippen LogP contribution in [0.4, 0.5) is 0 Å². The van der Waals surface area contributed by atoms with Crippen molar-refractivity contribution in [1.29, 1.82) is 0 Å². The molecule has 0 radical (unpaired) electrons. The van der Waals surface area contributed by atoms with Crippen LogP contribution in [0.1, 0.15) is 170 Å². The molecular weight excluding hydrogens is 837 g/mol. The molecule has 4 saturated carbocycles. The zero-order valence-corrected chi connectivity index (χ0v) is 47.5. The van der Waals surface area contributed by atoms with Crippen LogP contribution < -0.4 is 0 Å². The summed E-state index contributed by atoms with van der Waals surface area (Å²) in [6.45, 7) is 35.8. The minimum absolute atomic E-state index is 0.00538. The maximum absolute atomic E-state index is 13.3. The van der Waals surface area contributed by atoms with Gasteiger partial charge in [-0.1, -0.05) is 116 Å². The van der Waals surface area contributed by atoms with E-state index in [0.29, 0.717) is 23.7 Å². The number of rotatable bonds is 24. The average molecular weight is 940 g/mol. The van der Waals surface area contributed by atoms with Gasteiger partial charge in [-0.05, 0) is 188 Å². The molecule has 0 bridgehead atoms. The van der Waals surface area contributed by atoms with Crippen molar-refractivity contribution in [3.63, 3.8) is 0 Å². The third-order valence-electron chi connectivity index (χ3n) is 16.9. The molecule has 0 unspecified atom stereocenters. The van der Waals surface area contributed by atoms with Crippen molar-refractivity contribution < 1.29 is 22.8 Å². The molecule has 5 rings (SSSR count). The van der Waals surface area contributed by atoms with Gasteiger partial charge in [0.25, 0.3) is 0 Å². The molecule has 0 aromatic rings. The van der Waals surface area contributed by atoms with Gasteiger partial charge in [0.2, 0.25) is 0 Å². The number of esters is 1. The zero-order valence-electron chi connectivity index (χ0n) is 44.5. The minimum atomic E-state index is -1.78. The van der Waals surface area contributed by atoms with Gasteiger partial charge in [0, 0.05) is 18.8 Å². The number of carbonyl (C=O) groups is 1. The lowest BCUT2D eigenvalue weighted by Gasteiger charge is -2.58. The molecule has 5 aliphatic rings. The molecule has 0 aromatic heterocycles. The number of hydrogen-bond acceptors (Lipinski definition) is 5. The molecular formula is C56H102O5Si3. The van der Waals surface area contributed by atoms with Crippen LogP contribution in [0, 0.1) is 58.2 Å². The van der Waals surface area contributed by atoms with Gasteiger partial charge in [-0.3, -0.25) is 4.79 Å². The van der Waals surface area contributed by atoms with Crippen molar-refractivity contribution in [2.45, 2.75) is 253 Å². The predicted octanol–water partition coefficient (Wildman–Crippen LogP) is 16.5. The highest BCUT2D eigenvalue weighted by Gasteiger charge is 2.59. The molecule has 4 fully saturated rings. The van der Waals surface area contributed by atoms with Crippen molar-refractivity contribution in [3.8, 4) is 0 Å². The summed E-state index contributed by atoms with van der Waals surface area (Å²) >= 11 is 0. The standard InChI is InChI=1S/C56H102O5Si3/c1-16-17-20-26-44(59-62(7,8)9)30-32-47-46(52(60-63(10,11)12)40-53(47)61-64(13,14)15)27-21-18-19-22-28-54(57)58-45-35-37-55(5)43(39-45)29-31-48-50-34-33-49(42(4)25-23-24-41(2)3)56(50,6)38-36-51(48)55/h18,21,29-30,32,41-42,44-53H,16-17,19-20,22-28,31,33-40H2,1-15H3/b21-18-,32-30+/t42-,44-,45+,46-,47+,48+,49-,50+,51+,52+,53-,55+,56-/m1/s1. The highest BCUT2D eigenvalue weighted by atomic mass is 28.4. The van der Waals surface area contributed by atoms with Gasteiger partial charge in [-0.25, -0.2) is 0 Å². The molecule has 0 amide bonds. The van der Waals surface area contributed by atoms with Crippen LogP contribution in [0.25, 0.3) is 0 Å². The van der Waals surface area contributed by atoms with Crippen molar-refractivity contribution in [2.24, 2.45) is 58.2 Å². The summed E-state index contributed by atoms with van der Waals surface area (Å²) in [7, 11) is -5.27. The van der Waals surface area contributed by atoms with Gasteiger partial charge in [-0.2, -0.15) is 0 Å². The van der Waals surface area contributed by atoms with Crippen molar-refractivity contribution in [1.82, 2.24) is 0 Å². The second-order valence-electron chi connectivity index (χ2n) is 25.9. The lowest BCUT2D eigenvalue weighted by molar-refractivity contribution is -0.151. The highest BCUT2D eigenvalue weighted by Crippen LogP contribution is 2.67. The van der Waals surface area contributed by atoms with Gasteiger partial charge in [0.05, 0.1) is 18.3 Å². The molecule has 0 aliphatic heterocycles. The maximum atomic E-state index is 13.3. The van der Waals surface area contributed by atoms with E-state index >= 15 is 0 Å². The van der Waals surface area contributed by atoms with Gasteiger partial charge in [-0.15, -0.1) is 0 Å². The summed E-state index contributed by atoms with van der Waals surface area (Å²) in [5.74, 6) is 5.74. The Kier molecular flexibility index (Phi) is 19.6. The Hall–Kier alpha value is -0.779. The van der Waals surface area contributed by atoms with Gasteiger partial charge in [0.15, 0.2) is 25.0 Å². The van der Waals surface area contributed by atoms with Crippen LogP contribution in [0.2, 0.25) is 58.9 Å². The quantitative estimate of drug-likeness (QED) is 0.0418. The molecule has 368 valence electrons. The van der Waals surface area contributed by atoms with Gasteiger partial charge < -0.3 is 18.0 Å². The average Bonchev–Trinajstić information content (AvgIpc) is 3.68. The third-order valence-corrected chi connectivity index (χ3v) is 19.9. The number of fused-ring (bicyclic) bond motifs is 5. The van der Waals surface area contributed by atoms with E-state index < -0.39 is 25.0 Å². The fraction of sp³-hybridized carbons (Fsp3) is 0.875. The van der Waals surface area contributed by atoms with Crippen LogP contribution in [0.15, 0.2) is 36.0 Å². The van der Waals surface area contributed by atoms with Gasteiger partial charge in [0.1, 0.15) is 6.10 Å². The van der Waals surface area contributed by atoms with Crippen LogP contribution in [0.5, 0.6) is 0 Å². The fourth-order valence-electron chi connectivity index (χ4n) is 14.1. The number of hydrogen-bond donors (Lipinski definition) is 0. The number of allylic oxidation sites excluding steroid dienone is 3. The molecule has 5 nitrogen and oxygen atoms in total. The summed E-state index contributed by atoms with van der Waals surface area (Å²) < 4.78 is 26.9. The second-order valence-corrected chi connectivity index (χ2v) is 39.3. The predicted molar refractivity (Wildman–Crippen MR) is 280 cm³/mol. The van der Waals surface area contributed by atoms with E-state index in [1.54, 1.807) is 5.57 Å². The molecule has 0 heterocycles. The van der Waals surface area contributed by atoms with Crippen LogP contribution >= 0.6 is 0 Å². The monoisotopic (exact) mass is 939 g/mol.